The highest BCUT2D eigenvalue weighted by molar-refractivity contribution is 5.45. The van der Waals surface area contributed by atoms with Crippen LogP contribution in [0.5, 0.6) is 5.75 Å². The number of anilines is 1. The summed E-state index contributed by atoms with van der Waals surface area (Å²) in [5.41, 5.74) is 3.53. The molecule has 19 heavy (non-hydrogen) atoms. The maximum absolute atomic E-state index is 5.40. The van der Waals surface area contributed by atoms with Crippen molar-refractivity contribution in [2.24, 2.45) is 0 Å². The van der Waals surface area contributed by atoms with Crippen LogP contribution in [0.4, 0.5) is 5.69 Å². The van der Waals surface area contributed by atoms with Gasteiger partial charge in [-0.2, -0.15) is 0 Å². The fourth-order valence-corrected chi connectivity index (χ4v) is 1.75. The number of nitrogens with one attached hydrogen (secondary N) is 1. The summed E-state index contributed by atoms with van der Waals surface area (Å²) in [6.07, 6.45) is 5.17. The van der Waals surface area contributed by atoms with Gasteiger partial charge < -0.3 is 10.1 Å². The molecule has 0 aliphatic carbocycles. The lowest BCUT2D eigenvalue weighted by atomic mass is 10.2. The summed E-state index contributed by atoms with van der Waals surface area (Å²) < 4.78 is 5.40. The lowest BCUT2D eigenvalue weighted by molar-refractivity contribution is 0.370. The maximum Gasteiger partial charge on any atom is 0.148 e. The van der Waals surface area contributed by atoms with Crippen LogP contribution in [-0.2, 0) is 6.54 Å². The van der Waals surface area contributed by atoms with Crippen molar-refractivity contribution < 1.29 is 4.74 Å². The predicted octanol–water partition coefficient (Wildman–Crippen LogP) is 3.62. The van der Waals surface area contributed by atoms with Crippen LogP contribution in [0.25, 0.3) is 0 Å². The standard InChI is InChI=1S/C17H17NO/c1-3-11-19-17-6-4-5-15(12-17)13-18-16-9-7-14(2)8-10-16/h1,4-10,12,18H,11,13H2,2H3. The van der Waals surface area contributed by atoms with Crippen molar-refractivity contribution in [1.82, 2.24) is 0 Å². The van der Waals surface area contributed by atoms with Crippen LogP contribution in [0.3, 0.4) is 0 Å². The first-order chi connectivity index (χ1) is 9.28. The Morgan fingerprint density at radius 2 is 1.95 bits per heavy atom. The van der Waals surface area contributed by atoms with E-state index in [9.17, 15) is 0 Å². The smallest absolute Gasteiger partial charge is 0.148 e. The minimum absolute atomic E-state index is 0.300. The topological polar surface area (TPSA) is 21.3 Å². The highest BCUT2D eigenvalue weighted by Gasteiger charge is 1.97. The first-order valence-corrected chi connectivity index (χ1v) is 6.23. The number of ether oxygens (including phenoxy) is 1. The quantitative estimate of drug-likeness (QED) is 0.819. The van der Waals surface area contributed by atoms with Crippen LogP contribution in [0.1, 0.15) is 11.1 Å². The van der Waals surface area contributed by atoms with Crippen molar-refractivity contribution in [3.05, 3.63) is 59.7 Å². The van der Waals surface area contributed by atoms with E-state index in [1.807, 2.05) is 18.2 Å². The zero-order chi connectivity index (χ0) is 13.5. The molecule has 0 aliphatic heterocycles. The van der Waals surface area contributed by atoms with E-state index in [2.05, 4.69) is 48.5 Å². The summed E-state index contributed by atoms with van der Waals surface area (Å²) in [4.78, 5) is 0. The molecular formula is C17H17NO. The van der Waals surface area contributed by atoms with Gasteiger partial charge in [0, 0.05) is 12.2 Å². The van der Waals surface area contributed by atoms with Crippen LogP contribution in [0, 0.1) is 19.3 Å². The monoisotopic (exact) mass is 251 g/mol. The fourth-order valence-electron chi connectivity index (χ4n) is 1.75. The van der Waals surface area contributed by atoms with E-state index in [1.54, 1.807) is 0 Å². The highest BCUT2D eigenvalue weighted by atomic mass is 16.5. The van der Waals surface area contributed by atoms with Crippen LogP contribution in [-0.4, -0.2) is 6.61 Å². The zero-order valence-corrected chi connectivity index (χ0v) is 11.0. The predicted molar refractivity (Wildman–Crippen MR) is 79.3 cm³/mol. The molecular weight excluding hydrogens is 234 g/mol. The van der Waals surface area contributed by atoms with Gasteiger partial charge in [0.1, 0.15) is 12.4 Å². The van der Waals surface area contributed by atoms with Crippen LogP contribution < -0.4 is 10.1 Å². The molecule has 0 amide bonds. The Labute approximate surface area is 114 Å². The van der Waals surface area contributed by atoms with Gasteiger partial charge in [-0.15, -0.1) is 6.42 Å². The van der Waals surface area contributed by atoms with Crippen molar-refractivity contribution in [3.8, 4) is 18.1 Å². The molecule has 0 fully saturated rings. The molecule has 0 radical (unpaired) electrons. The van der Waals surface area contributed by atoms with E-state index in [0.29, 0.717) is 6.61 Å². The molecule has 2 aromatic carbocycles. The number of hydrogen-bond acceptors (Lipinski definition) is 2. The molecule has 0 bridgehead atoms. The summed E-state index contributed by atoms with van der Waals surface area (Å²) in [6.45, 7) is 3.14. The molecule has 1 N–H and O–H groups in total. The van der Waals surface area contributed by atoms with Crippen LogP contribution in [0.2, 0.25) is 0 Å². The minimum atomic E-state index is 0.300. The first-order valence-electron chi connectivity index (χ1n) is 6.23. The van der Waals surface area contributed by atoms with E-state index < -0.39 is 0 Å². The van der Waals surface area contributed by atoms with E-state index in [1.165, 1.54) is 5.56 Å². The molecule has 96 valence electrons. The lowest BCUT2D eigenvalue weighted by Crippen LogP contribution is -2.00. The Bertz CT molecular complexity index is 567. The molecule has 0 spiro atoms. The Balaban J connectivity index is 1.95. The van der Waals surface area contributed by atoms with Crippen molar-refractivity contribution in [1.29, 1.82) is 0 Å². The average molecular weight is 251 g/mol. The van der Waals surface area contributed by atoms with Gasteiger partial charge >= 0.3 is 0 Å². The molecule has 2 aromatic rings. The van der Waals surface area contributed by atoms with Gasteiger partial charge in [0.25, 0.3) is 0 Å². The summed E-state index contributed by atoms with van der Waals surface area (Å²) in [5.74, 6) is 3.27. The Morgan fingerprint density at radius 1 is 1.16 bits per heavy atom. The third-order valence-electron chi connectivity index (χ3n) is 2.77. The normalized spacial score (nSPS) is 9.68. The molecule has 0 heterocycles. The summed E-state index contributed by atoms with van der Waals surface area (Å²) >= 11 is 0. The van der Waals surface area contributed by atoms with Crippen LogP contribution >= 0.6 is 0 Å². The van der Waals surface area contributed by atoms with Gasteiger partial charge in [-0.05, 0) is 36.8 Å². The zero-order valence-electron chi connectivity index (χ0n) is 11.0. The van der Waals surface area contributed by atoms with Crippen molar-refractivity contribution in [2.75, 3.05) is 11.9 Å². The van der Waals surface area contributed by atoms with Gasteiger partial charge in [0.2, 0.25) is 0 Å². The van der Waals surface area contributed by atoms with Gasteiger partial charge in [-0.1, -0.05) is 35.7 Å². The van der Waals surface area contributed by atoms with Crippen molar-refractivity contribution >= 4 is 5.69 Å². The molecule has 2 heteroatoms. The number of hydrogen-bond donors (Lipinski definition) is 1. The number of terminal acetylenes is 1. The third-order valence-corrected chi connectivity index (χ3v) is 2.77. The SMILES string of the molecule is C#CCOc1cccc(CNc2ccc(C)cc2)c1. The second-order valence-electron chi connectivity index (χ2n) is 4.36. The first kappa shape index (κ1) is 13.0. The summed E-state index contributed by atoms with van der Waals surface area (Å²) in [6, 6.07) is 16.3. The second kappa shape index (κ2) is 6.51. The fraction of sp³-hybridized carbons (Fsp3) is 0.176. The van der Waals surface area contributed by atoms with Gasteiger partial charge in [0.15, 0.2) is 0 Å². The van der Waals surface area contributed by atoms with Crippen molar-refractivity contribution in [2.45, 2.75) is 13.5 Å². The van der Waals surface area contributed by atoms with E-state index in [-0.39, 0.29) is 0 Å². The number of benzene rings is 2. The van der Waals surface area contributed by atoms with E-state index in [4.69, 9.17) is 11.2 Å². The van der Waals surface area contributed by atoms with Gasteiger partial charge in [0.05, 0.1) is 0 Å². The van der Waals surface area contributed by atoms with Crippen molar-refractivity contribution in [3.63, 3.8) is 0 Å². The highest BCUT2D eigenvalue weighted by Crippen LogP contribution is 2.15. The Hall–Kier alpha value is -2.40. The van der Waals surface area contributed by atoms with Gasteiger partial charge in [-0.25, -0.2) is 0 Å². The summed E-state index contributed by atoms with van der Waals surface area (Å²) in [7, 11) is 0. The average Bonchev–Trinajstić information content (AvgIpc) is 2.45. The number of aryl methyl sites for hydroxylation is 1. The number of rotatable bonds is 5. The third kappa shape index (κ3) is 4.08. The summed E-state index contributed by atoms with van der Waals surface area (Å²) in [5, 5.41) is 3.38. The minimum Gasteiger partial charge on any atom is -0.481 e. The van der Waals surface area contributed by atoms with Crippen LogP contribution in [0.15, 0.2) is 48.5 Å². The molecule has 2 nitrogen and oxygen atoms in total. The molecule has 0 unspecified atom stereocenters. The van der Waals surface area contributed by atoms with E-state index in [0.717, 1.165) is 23.5 Å². The molecule has 0 aromatic heterocycles. The van der Waals surface area contributed by atoms with Gasteiger partial charge in [-0.3, -0.25) is 0 Å². The molecule has 2 rings (SSSR count). The molecule has 0 atom stereocenters. The Kier molecular flexibility index (Phi) is 4.47. The molecule has 0 aliphatic rings. The largest absolute Gasteiger partial charge is 0.481 e. The molecule has 0 saturated heterocycles. The maximum atomic E-state index is 5.40. The molecule has 0 saturated carbocycles. The Morgan fingerprint density at radius 3 is 2.68 bits per heavy atom. The second-order valence-corrected chi connectivity index (χ2v) is 4.36. The lowest BCUT2D eigenvalue weighted by Gasteiger charge is -2.08. The van der Waals surface area contributed by atoms with E-state index >= 15 is 0 Å².